The highest BCUT2D eigenvalue weighted by Crippen LogP contribution is 2.15. The molecule has 82 valence electrons. The van der Waals surface area contributed by atoms with Crippen molar-refractivity contribution in [1.82, 2.24) is 15.3 Å². The Morgan fingerprint density at radius 3 is 3.13 bits per heavy atom. The van der Waals surface area contributed by atoms with Crippen molar-refractivity contribution < 1.29 is 0 Å². The van der Waals surface area contributed by atoms with Crippen LogP contribution in [0, 0.1) is 0 Å². The van der Waals surface area contributed by atoms with Crippen LogP contribution in [0.2, 0.25) is 0 Å². The van der Waals surface area contributed by atoms with E-state index in [-0.39, 0.29) is 0 Å². The number of hydrogen-bond acceptors (Lipinski definition) is 4. The molecular formula is C11H18N4. The van der Waals surface area contributed by atoms with Crippen LogP contribution in [-0.4, -0.2) is 35.6 Å². The van der Waals surface area contributed by atoms with Gasteiger partial charge in [-0.05, 0) is 13.3 Å². The molecule has 15 heavy (non-hydrogen) atoms. The Morgan fingerprint density at radius 1 is 1.53 bits per heavy atom. The summed E-state index contributed by atoms with van der Waals surface area (Å²) in [5.74, 6) is 1.07. The van der Waals surface area contributed by atoms with Crippen molar-refractivity contribution in [2.45, 2.75) is 26.3 Å². The van der Waals surface area contributed by atoms with Crippen LogP contribution >= 0.6 is 0 Å². The number of aryl methyl sites for hydroxylation is 1. The Kier molecular flexibility index (Phi) is 3.16. The fraction of sp³-hybridized carbons (Fsp3) is 0.636. The van der Waals surface area contributed by atoms with E-state index in [2.05, 4.69) is 40.1 Å². The molecule has 1 fully saturated rings. The molecule has 0 unspecified atom stereocenters. The Labute approximate surface area is 90.7 Å². The van der Waals surface area contributed by atoms with Crippen LogP contribution < -0.4 is 10.2 Å². The van der Waals surface area contributed by atoms with Crippen LogP contribution in [0.15, 0.2) is 12.4 Å². The number of rotatable bonds is 2. The Bertz CT molecular complexity index is 326. The molecular weight excluding hydrogens is 188 g/mol. The highest BCUT2D eigenvalue weighted by Gasteiger charge is 2.19. The maximum absolute atomic E-state index is 4.35. The van der Waals surface area contributed by atoms with E-state index in [0.29, 0.717) is 6.04 Å². The number of piperazine rings is 1. The summed E-state index contributed by atoms with van der Waals surface area (Å²) in [5, 5.41) is 3.38. The van der Waals surface area contributed by atoms with Crippen LogP contribution in [0.25, 0.3) is 0 Å². The number of nitrogens with one attached hydrogen (secondary N) is 1. The summed E-state index contributed by atoms with van der Waals surface area (Å²) in [5.41, 5.74) is 1.12. The topological polar surface area (TPSA) is 41.0 Å². The monoisotopic (exact) mass is 206 g/mol. The molecule has 1 aliphatic rings. The lowest BCUT2D eigenvalue weighted by molar-refractivity contribution is 0.496. The molecule has 0 saturated carbocycles. The molecule has 1 saturated heterocycles. The second kappa shape index (κ2) is 4.57. The van der Waals surface area contributed by atoms with Crippen molar-refractivity contribution in [2.24, 2.45) is 0 Å². The molecule has 4 nitrogen and oxygen atoms in total. The fourth-order valence-corrected chi connectivity index (χ4v) is 1.92. The first kappa shape index (κ1) is 10.4. The second-order valence-corrected chi connectivity index (χ2v) is 3.97. The molecule has 4 heteroatoms. The van der Waals surface area contributed by atoms with Gasteiger partial charge in [-0.1, -0.05) is 6.92 Å². The van der Waals surface area contributed by atoms with Crippen LogP contribution in [0.5, 0.6) is 0 Å². The van der Waals surface area contributed by atoms with Gasteiger partial charge in [-0.3, -0.25) is 0 Å². The molecule has 1 N–H and O–H groups in total. The van der Waals surface area contributed by atoms with E-state index in [0.717, 1.165) is 37.6 Å². The van der Waals surface area contributed by atoms with Gasteiger partial charge in [0, 0.05) is 37.4 Å². The van der Waals surface area contributed by atoms with Crippen molar-refractivity contribution >= 4 is 5.82 Å². The van der Waals surface area contributed by atoms with E-state index in [4.69, 9.17) is 0 Å². The Hall–Kier alpha value is -1.16. The molecule has 1 aromatic rings. The smallest absolute Gasteiger partial charge is 0.132 e. The highest BCUT2D eigenvalue weighted by molar-refractivity contribution is 5.40. The molecule has 0 aliphatic carbocycles. The molecule has 2 heterocycles. The summed E-state index contributed by atoms with van der Waals surface area (Å²) in [6, 6.07) is 2.61. The van der Waals surface area contributed by atoms with E-state index < -0.39 is 0 Å². The highest BCUT2D eigenvalue weighted by atomic mass is 15.3. The molecule has 0 bridgehead atoms. The van der Waals surface area contributed by atoms with Crippen LogP contribution in [-0.2, 0) is 6.42 Å². The number of aromatic nitrogens is 2. The van der Waals surface area contributed by atoms with Gasteiger partial charge in [-0.25, -0.2) is 9.97 Å². The maximum atomic E-state index is 4.35. The lowest BCUT2D eigenvalue weighted by Gasteiger charge is -2.34. The predicted molar refractivity (Wildman–Crippen MR) is 61.1 cm³/mol. The van der Waals surface area contributed by atoms with Gasteiger partial charge in [0.15, 0.2) is 0 Å². The standard InChI is InChI=1S/C11H18N4/c1-3-10-6-11(14-8-13-10)15-5-4-12-7-9(15)2/h6,8-9,12H,3-5,7H2,1-2H3/t9-/m0/s1. The first-order valence-corrected chi connectivity index (χ1v) is 5.59. The van der Waals surface area contributed by atoms with Gasteiger partial charge in [0.1, 0.15) is 12.1 Å². The van der Waals surface area contributed by atoms with Crippen molar-refractivity contribution in [2.75, 3.05) is 24.5 Å². The van der Waals surface area contributed by atoms with Gasteiger partial charge in [-0.2, -0.15) is 0 Å². The average molecular weight is 206 g/mol. The van der Waals surface area contributed by atoms with E-state index in [1.54, 1.807) is 6.33 Å². The Morgan fingerprint density at radius 2 is 2.40 bits per heavy atom. The summed E-state index contributed by atoms with van der Waals surface area (Å²) < 4.78 is 0. The third kappa shape index (κ3) is 2.26. The third-order valence-electron chi connectivity index (χ3n) is 2.87. The van der Waals surface area contributed by atoms with Crippen molar-refractivity contribution in [3.63, 3.8) is 0 Å². The fourth-order valence-electron chi connectivity index (χ4n) is 1.92. The number of hydrogen-bond donors (Lipinski definition) is 1. The Balaban J connectivity index is 2.19. The average Bonchev–Trinajstić information content (AvgIpc) is 2.30. The van der Waals surface area contributed by atoms with E-state index in [9.17, 15) is 0 Å². The van der Waals surface area contributed by atoms with Crippen molar-refractivity contribution in [3.05, 3.63) is 18.1 Å². The molecule has 0 spiro atoms. The van der Waals surface area contributed by atoms with Gasteiger partial charge in [0.2, 0.25) is 0 Å². The summed E-state index contributed by atoms with van der Waals surface area (Å²) >= 11 is 0. The van der Waals surface area contributed by atoms with Crippen LogP contribution in [0.3, 0.4) is 0 Å². The quantitative estimate of drug-likeness (QED) is 0.778. The van der Waals surface area contributed by atoms with Crippen LogP contribution in [0.1, 0.15) is 19.5 Å². The maximum Gasteiger partial charge on any atom is 0.132 e. The minimum atomic E-state index is 0.512. The largest absolute Gasteiger partial charge is 0.351 e. The molecule has 1 aliphatic heterocycles. The van der Waals surface area contributed by atoms with E-state index >= 15 is 0 Å². The third-order valence-corrected chi connectivity index (χ3v) is 2.87. The minimum absolute atomic E-state index is 0.512. The summed E-state index contributed by atoms with van der Waals surface area (Å²) in [7, 11) is 0. The summed E-state index contributed by atoms with van der Waals surface area (Å²) in [6.45, 7) is 7.44. The first-order chi connectivity index (χ1) is 7.31. The van der Waals surface area contributed by atoms with Gasteiger partial charge < -0.3 is 10.2 Å². The molecule has 1 aromatic heterocycles. The zero-order chi connectivity index (χ0) is 10.7. The van der Waals surface area contributed by atoms with Crippen LogP contribution in [0.4, 0.5) is 5.82 Å². The normalized spacial score (nSPS) is 21.7. The van der Waals surface area contributed by atoms with Gasteiger partial charge in [-0.15, -0.1) is 0 Å². The molecule has 0 radical (unpaired) electrons. The molecule has 1 atom stereocenters. The van der Waals surface area contributed by atoms with E-state index in [1.165, 1.54) is 0 Å². The number of anilines is 1. The zero-order valence-corrected chi connectivity index (χ0v) is 9.40. The second-order valence-electron chi connectivity index (χ2n) is 3.97. The predicted octanol–water partition coefficient (Wildman–Crippen LogP) is 0.837. The van der Waals surface area contributed by atoms with Gasteiger partial charge >= 0.3 is 0 Å². The molecule has 2 rings (SSSR count). The van der Waals surface area contributed by atoms with Gasteiger partial charge in [0.25, 0.3) is 0 Å². The van der Waals surface area contributed by atoms with Crippen molar-refractivity contribution in [3.8, 4) is 0 Å². The summed E-state index contributed by atoms with van der Waals surface area (Å²) in [4.78, 5) is 10.9. The van der Waals surface area contributed by atoms with Gasteiger partial charge in [0.05, 0.1) is 0 Å². The lowest BCUT2D eigenvalue weighted by atomic mass is 10.2. The lowest BCUT2D eigenvalue weighted by Crippen LogP contribution is -2.50. The first-order valence-electron chi connectivity index (χ1n) is 5.59. The van der Waals surface area contributed by atoms with E-state index in [1.807, 2.05) is 0 Å². The minimum Gasteiger partial charge on any atom is -0.351 e. The zero-order valence-electron chi connectivity index (χ0n) is 9.40. The molecule has 0 aromatic carbocycles. The molecule has 0 amide bonds. The SMILES string of the molecule is CCc1cc(N2CCNC[C@@H]2C)ncn1. The number of nitrogens with zero attached hydrogens (tertiary/aromatic N) is 3. The summed E-state index contributed by atoms with van der Waals surface area (Å²) in [6.07, 6.45) is 2.64. The van der Waals surface area contributed by atoms with Crippen molar-refractivity contribution in [1.29, 1.82) is 0 Å².